The van der Waals surface area contributed by atoms with E-state index < -0.39 is 35.1 Å². The van der Waals surface area contributed by atoms with Gasteiger partial charge in [0.15, 0.2) is 0 Å². The summed E-state index contributed by atoms with van der Waals surface area (Å²) < 4.78 is 49.5. The molecule has 1 aromatic carbocycles. The third-order valence-electron chi connectivity index (χ3n) is 2.89. The maximum Gasteiger partial charge on any atom is 0.426 e. The normalized spacial score (nSPS) is 13.6. The second-order valence-corrected chi connectivity index (χ2v) is 4.28. The quantitative estimate of drug-likeness (QED) is 0.663. The van der Waals surface area contributed by atoms with Crippen LogP contribution in [0, 0.1) is 0 Å². The Bertz CT molecular complexity index is 588. The fourth-order valence-electron chi connectivity index (χ4n) is 1.85. The lowest BCUT2D eigenvalue weighted by Crippen LogP contribution is -2.62. The first kappa shape index (κ1) is 18.5. The van der Waals surface area contributed by atoms with Gasteiger partial charge in [0.1, 0.15) is 0 Å². The van der Waals surface area contributed by atoms with Gasteiger partial charge in [-0.05, 0) is 12.5 Å². The molecule has 0 heterocycles. The summed E-state index contributed by atoms with van der Waals surface area (Å²) in [4.78, 5) is 34.9. The van der Waals surface area contributed by atoms with Gasteiger partial charge >= 0.3 is 24.0 Å². The highest BCUT2D eigenvalue weighted by Crippen LogP contribution is 2.40. The molecule has 0 saturated heterocycles. The van der Waals surface area contributed by atoms with E-state index in [1.54, 1.807) is 0 Å². The van der Waals surface area contributed by atoms with E-state index in [1.165, 1.54) is 30.4 Å². The van der Waals surface area contributed by atoms with Gasteiger partial charge in [-0.2, -0.15) is 13.2 Å². The lowest BCUT2D eigenvalue weighted by Gasteiger charge is -2.33. The van der Waals surface area contributed by atoms with Crippen molar-refractivity contribution in [3.8, 4) is 0 Å². The fourth-order valence-corrected chi connectivity index (χ4v) is 1.85. The van der Waals surface area contributed by atoms with Crippen LogP contribution in [-0.2, 0) is 29.4 Å². The van der Waals surface area contributed by atoms with Crippen LogP contribution in [0.25, 0.3) is 0 Å². The van der Waals surface area contributed by atoms with Crippen LogP contribution in [0.4, 0.5) is 13.2 Å². The third kappa shape index (κ3) is 3.61. The van der Waals surface area contributed by atoms with Gasteiger partial charge < -0.3 is 14.8 Å². The summed E-state index contributed by atoms with van der Waals surface area (Å²) in [7, 11) is 0.738. The Kier molecular flexibility index (Phi) is 5.72. The lowest BCUT2D eigenvalue weighted by atomic mass is 9.88. The van der Waals surface area contributed by atoms with E-state index >= 15 is 0 Å². The van der Waals surface area contributed by atoms with Crippen molar-refractivity contribution in [1.82, 2.24) is 5.32 Å². The number of nitrogens with one attached hydrogen (secondary N) is 1. The van der Waals surface area contributed by atoms with Crippen LogP contribution >= 0.6 is 0 Å². The Morgan fingerprint density at radius 3 is 2.13 bits per heavy atom. The molecule has 6 nitrogen and oxygen atoms in total. The lowest BCUT2D eigenvalue weighted by molar-refractivity contribution is -0.216. The molecule has 0 saturated carbocycles. The van der Waals surface area contributed by atoms with E-state index in [-0.39, 0.29) is 6.61 Å². The van der Waals surface area contributed by atoms with Crippen LogP contribution in [0.3, 0.4) is 0 Å². The minimum Gasteiger partial charge on any atom is -0.467 e. The monoisotopic (exact) mass is 333 g/mol. The zero-order valence-corrected chi connectivity index (χ0v) is 12.3. The fraction of sp³-hybridized carbons (Fsp3) is 0.357. The highest BCUT2D eigenvalue weighted by Gasteiger charge is 2.64. The second kappa shape index (κ2) is 7.12. The maximum absolute atomic E-state index is 13.6. The predicted octanol–water partition coefficient (Wildman–Crippen LogP) is 1.30. The molecule has 1 rings (SSSR count). The summed E-state index contributed by atoms with van der Waals surface area (Å²) >= 11 is 0. The topological polar surface area (TPSA) is 81.7 Å². The molecule has 0 aromatic heterocycles. The highest BCUT2D eigenvalue weighted by atomic mass is 19.4. The van der Waals surface area contributed by atoms with E-state index in [9.17, 15) is 27.6 Å². The molecule has 0 aliphatic carbocycles. The van der Waals surface area contributed by atoms with Crippen LogP contribution in [-0.4, -0.2) is 37.7 Å². The number of hydrogen-bond donors (Lipinski definition) is 1. The van der Waals surface area contributed by atoms with Crippen LogP contribution in [0.15, 0.2) is 30.3 Å². The molecular weight excluding hydrogens is 319 g/mol. The average Bonchev–Trinajstić information content (AvgIpc) is 2.51. The van der Waals surface area contributed by atoms with E-state index in [2.05, 4.69) is 9.47 Å². The molecule has 1 atom stereocenters. The summed E-state index contributed by atoms with van der Waals surface area (Å²) in [6.45, 7) is 1.16. The Balaban J connectivity index is 3.44. The number of alkyl halides is 3. The van der Waals surface area contributed by atoms with E-state index in [1.807, 2.05) is 0 Å². The number of halogens is 3. The molecule has 9 heteroatoms. The van der Waals surface area contributed by atoms with Crippen molar-refractivity contribution < 1.29 is 37.0 Å². The number of rotatable bonds is 4. The van der Waals surface area contributed by atoms with E-state index in [0.29, 0.717) is 0 Å². The summed E-state index contributed by atoms with van der Waals surface area (Å²) in [5.41, 5.74) is -4.12. The molecule has 0 aliphatic rings. The molecule has 126 valence electrons. The Morgan fingerprint density at radius 1 is 1.13 bits per heavy atom. The second-order valence-electron chi connectivity index (χ2n) is 4.28. The van der Waals surface area contributed by atoms with Gasteiger partial charge in [0.2, 0.25) is 0 Å². The number of esters is 2. The first-order chi connectivity index (χ1) is 10.7. The number of carbonyl (C=O) groups excluding carboxylic acids is 3. The zero-order valence-electron chi connectivity index (χ0n) is 12.3. The summed E-state index contributed by atoms with van der Waals surface area (Å²) in [6, 6.07) is 5.88. The van der Waals surface area contributed by atoms with Crippen LogP contribution < -0.4 is 5.32 Å². The first-order valence-electron chi connectivity index (χ1n) is 6.40. The number of amides is 1. The summed E-state index contributed by atoms with van der Waals surface area (Å²) in [6.07, 6.45) is -5.26. The SMILES string of the molecule is CCOC(=O)C(=O)NC(C(=O)OC)(c1ccccc1)C(F)(F)F. The smallest absolute Gasteiger partial charge is 0.426 e. The standard InChI is InChI=1S/C14H14F3NO5/c1-3-23-11(20)10(19)18-13(12(21)22-2,14(15,16)17)9-7-5-4-6-8-9/h4-8H,3H2,1-2H3,(H,18,19). The van der Waals surface area contributed by atoms with Gasteiger partial charge in [0, 0.05) is 0 Å². The highest BCUT2D eigenvalue weighted by molar-refractivity contribution is 6.33. The molecule has 1 aromatic rings. The molecule has 0 fully saturated rings. The number of hydrogen-bond acceptors (Lipinski definition) is 5. The maximum atomic E-state index is 13.6. The number of benzene rings is 1. The average molecular weight is 333 g/mol. The molecule has 0 spiro atoms. The van der Waals surface area contributed by atoms with Crippen molar-refractivity contribution in [2.45, 2.75) is 18.6 Å². The Labute approximate surface area is 129 Å². The van der Waals surface area contributed by atoms with Gasteiger partial charge in [-0.1, -0.05) is 30.3 Å². The van der Waals surface area contributed by atoms with Gasteiger partial charge in [-0.3, -0.25) is 4.79 Å². The van der Waals surface area contributed by atoms with Crippen molar-refractivity contribution in [3.63, 3.8) is 0 Å². The van der Waals surface area contributed by atoms with E-state index in [0.717, 1.165) is 19.2 Å². The number of ether oxygens (including phenoxy) is 2. The van der Waals surface area contributed by atoms with E-state index in [4.69, 9.17) is 0 Å². The zero-order chi connectivity index (χ0) is 17.7. The van der Waals surface area contributed by atoms with Crippen LogP contribution in [0.2, 0.25) is 0 Å². The minimum atomic E-state index is -5.26. The molecular formula is C14H14F3NO5. The summed E-state index contributed by atoms with van der Waals surface area (Å²) in [5.74, 6) is -5.03. The van der Waals surface area contributed by atoms with Gasteiger partial charge in [-0.15, -0.1) is 0 Å². The van der Waals surface area contributed by atoms with Gasteiger partial charge in [-0.25, -0.2) is 9.59 Å². The van der Waals surface area contributed by atoms with Crippen molar-refractivity contribution in [3.05, 3.63) is 35.9 Å². The van der Waals surface area contributed by atoms with Crippen molar-refractivity contribution in [2.75, 3.05) is 13.7 Å². The molecule has 0 radical (unpaired) electrons. The Morgan fingerprint density at radius 2 is 1.70 bits per heavy atom. The van der Waals surface area contributed by atoms with Crippen LogP contribution in [0.5, 0.6) is 0 Å². The van der Waals surface area contributed by atoms with Gasteiger partial charge in [0.25, 0.3) is 5.54 Å². The van der Waals surface area contributed by atoms with Crippen molar-refractivity contribution in [1.29, 1.82) is 0 Å². The molecule has 0 aliphatic heterocycles. The Hall–Kier alpha value is -2.58. The molecule has 0 bridgehead atoms. The molecule has 23 heavy (non-hydrogen) atoms. The van der Waals surface area contributed by atoms with Gasteiger partial charge in [0.05, 0.1) is 13.7 Å². The minimum absolute atomic E-state index is 0.213. The molecule has 1 amide bonds. The largest absolute Gasteiger partial charge is 0.467 e. The predicted molar refractivity (Wildman–Crippen MR) is 71.0 cm³/mol. The van der Waals surface area contributed by atoms with Crippen molar-refractivity contribution in [2.24, 2.45) is 0 Å². The molecule has 1 N–H and O–H groups in total. The third-order valence-corrected chi connectivity index (χ3v) is 2.89. The number of methoxy groups -OCH3 is 1. The van der Waals surface area contributed by atoms with Crippen LogP contribution in [0.1, 0.15) is 12.5 Å². The number of carbonyl (C=O) groups is 3. The molecule has 1 unspecified atom stereocenters. The summed E-state index contributed by atoms with van der Waals surface area (Å²) in [5, 5.41) is 1.41. The first-order valence-corrected chi connectivity index (χ1v) is 6.40. The van der Waals surface area contributed by atoms with Crippen molar-refractivity contribution >= 4 is 17.8 Å².